The molecule has 2 aromatic carbocycles. The second-order valence-electron chi connectivity index (χ2n) is 7.85. The van der Waals surface area contributed by atoms with Gasteiger partial charge in [-0.1, -0.05) is 41.7 Å². The van der Waals surface area contributed by atoms with E-state index in [0.29, 0.717) is 29.4 Å². The zero-order chi connectivity index (χ0) is 26.4. The molecule has 13 heteroatoms. The van der Waals surface area contributed by atoms with Crippen molar-refractivity contribution >= 4 is 59.7 Å². The van der Waals surface area contributed by atoms with Crippen molar-refractivity contribution in [2.75, 3.05) is 37.6 Å². The van der Waals surface area contributed by atoms with E-state index in [2.05, 4.69) is 15.3 Å². The van der Waals surface area contributed by atoms with Crippen LogP contribution >= 0.6 is 22.7 Å². The normalized spacial score (nSPS) is 12.1. The number of carbonyl (C=O) groups excluding carboxylic acids is 2. The third kappa shape index (κ3) is 6.89. The molecule has 0 saturated heterocycles. The van der Waals surface area contributed by atoms with E-state index < -0.39 is 33.2 Å². The Morgan fingerprint density at radius 2 is 1.89 bits per heavy atom. The molecule has 0 saturated carbocycles. The average molecular weight is 561 g/mol. The summed E-state index contributed by atoms with van der Waals surface area (Å²) in [5.41, 5.74) is 2.36. The van der Waals surface area contributed by atoms with Gasteiger partial charge in [0.15, 0.2) is 19.8 Å². The first-order valence-electron chi connectivity index (χ1n) is 11.0. The largest absolute Gasteiger partial charge is 0.497 e. The molecule has 0 unspecified atom stereocenters. The summed E-state index contributed by atoms with van der Waals surface area (Å²) < 4.78 is 38.2. The fraction of sp³-hybridized carbons (Fsp3) is 0.250. The molecule has 0 fully saturated rings. The van der Waals surface area contributed by atoms with Crippen LogP contribution in [0.3, 0.4) is 0 Å². The van der Waals surface area contributed by atoms with Gasteiger partial charge in [0.1, 0.15) is 17.3 Å². The second-order valence-corrected chi connectivity index (χ2v) is 11.8. The number of aromatic nitrogens is 2. The number of hydrogen-bond acceptors (Lipinski definition) is 9. The monoisotopic (exact) mass is 560 g/mol. The third-order valence-electron chi connectivity index (χ3n) is 5.14. The first-order chi connectivity index (χ1) is 17.8. The Hall–Kier alpha value is -3.39. The Morgan fingerprint density at radius 1 is 1.11 bits per heavy atom. The Labute approximate surface area is 221 Å². The van der Waals surface area contributed by atoms with Crippen molar-refractivity contribution in [3.05, 3.63) is 58.7 Å². The molecule has 1 N–H and O–H groups in total. The number of nitrogens with one attached hydrogen (secondary N) is 1. The fourth-order valence-corrected chi connectivity index (χ4v) is 6.32. The van der Waals surface area contributed by atoms with Crippen molar-refractivity contribution in [2.24, 2.45) is 4.99 Å². The van der Waals surface area contributed by atoms with Gasteiger partial charge in [0, 0.05) is 24.6 Å². The summed E-state index contributed by atoms with van der Waals surface area (Å²) >= 11 is 2.42. The quantitative estimate of drug-likeness (QED) is 0.316. The molecule has 194 valence electrons. The molecule has 2 amide bonds. The Morgan fingerprint density at radius 3 is 2.62 bits per heavy atom. The fourth-order valence-electron chi connectivity index (χ4n) is 3.47. The average Bonchev–Trinajstić information content (AvgIpc) is 3.45. The van der Waals surface area contributed by atoms with E-state index in [4.69, 9.17) is 9.47 Å². The van der Waals surface area contributed by atoms with E-state index in [1.54, 1.807) is 30.2 Å². The van der Waals surface area contributed by atoms with Gasteiger partial charge in [-0.2, -0.15) is 4.99 Å². The maximum absolute atomic E-state index is 12.6. The molecule has 0 aliphatic heterocycles. The van der Waals surface area contributed by atoms with E-state index in [0.717, 1.165) is 15.8 Å². The minimum absolute atomic E-state index is 0.273. The molecule has 37 heavy (non-hydrogen) atoms. The minimum atomic E-state index is -4.06. The number of fused-ring (bicyclic) bond motifs is 1. The van der Waals surface area contributed by atoms with Gasteiger partial charge in [-0.05, 0) is 18.2 Å². The van der Waals surface area contributed by atoms with Gasteiger partial charge in [-0.15, -0.1) is 11.3 Å². The highest BCUT2D eigenvalue weighted by Gasteiger charge is 2.22. The molecule has 2 heterocycles. The lowest BCUT2D eigenvalue weighted by atomic mass is 10.2. The van der Waals surface area contributed by atoms with E-state index in [1.807, 2.05) is 42.5 Å². The minimum Gasteiger partial charge on any atom is -0.497 e. The van der Waals surface area contributed by atoms with Gasteiger partial charge in [-0.3, -0.25) is 9.59 Å². The number of anilines is 1. The van der Waals surface area contributed by atoms with Gasteiger partial charge in [-0.25, -0.2) is 13.4 Å². The van der Waals surface area contributed by atoms with Gasteiger partial charge >= 0.3 is 0 Å². The van der Waals surface area contributed by atoms with Crippen LogP contribution in [-0.2, 0) is 30.7 Å². The summed E-state index contributed by atoms with van der Waals surface area (Å²) in [5.74, 6) is -2.74. The maximum atomic E-state index is 12.6. The number of benzene rings is 2. The molecule has 2 aromatic heterocycles. The highest BCUT2D eigenvalue weighted by molar-refractivity contribution is 7.92. The van der Waals surface area contributed by atoms with Crippen LogP contribution in [0.15, 0.2) is 58.9 Å². The number of rotatable bonds is 10. The smallest absolute Gasteiger partial charge is 0.263 e. The van der Waals surface area contributed by atoms with Crippen LogP contribution in [0, 0.1) is 0 Å². The Balaban J connectivity index is 1.45. The lowest BCUT2D eigenvalue weighted by Gasteiger charge is -2.05. The van der Waals surface area contributed by atoms with Gasteiger partial charge in [0.25, 0.3) is 5.91 Å². The van der Waals surface area contributed by atoms with Crippen LogP contribution < -0.4 is 14.9 Å². The number of thiazole rings is 2. The molecule has 4 aromatic rings. The number of nitrogens with zero attached hydrogens (tertiary/aromatic N) is 3. The standard InChI is InChI=1S/C24H24N4O6S3/c1-33-11-10-28-19-9-8-17(34-2)12-20(19)36-24(28)27-22(30)15-37(31,32)14-21(29)26-23-25-18(13-35-23)16-6-4-3-5-7-16/h3-9,12-13H,10-11,14-15H2,1-2H3,(H,25,26,29). The summed E-state index contributed by atoms with van der Waals surface area (Å²) in [6, 6.07) is 14.8. The molecule has 0 aliphatic rings. The zero-order valence-electron chi connectivity index (χ0n) is 20.0. The van der Waals surface area contributed by atoms with Crippen molar-refractivity contribution in [2.45, 2.75) is 6.54 Å². The number of amides is 2. The molecule has 0 aliphatic carbocycles. The maximum Gasteiger partial charge on any atom is 0.263 e. The van der Waals surface area contributed by atoms with E-state index in [1.165, 1.54) is 22.7 Å². The van der Waals surface area contributed by atoms with E-state index in [9.17, 15) is 18.0 Å². The molecule has 0 spiro atoms. The highest BCUT2D eigenvalue weighted by Crippen LogP contribution is 2.25. The lowest BCUT2D eigenvalue weighted by Crippen LogP contribution is -2.28. The highest BCUT2D eigenvalue weighted by atomic mass is 32.2. The van der Waals surface area contributed by atoms with Crippen LogP contribution in [0.25, 0.3) is 21.5 Å². The van der Waals surface area contributed by atoms with Crippen LogP contribution in [-0.4, -0.2) is 62.1 Å². The van der Waals surface area contributed by atoms with Gasteiger partial charge in [0.2, 0.25) is 5.91 Å². The Bertz CT molecular complexity index is 1590. The number of hydrogen-bond donors (Lipinski definition) is 1. The molecule has 4 rings (SSSR count). The molecule has 0 radical (unpaired) electrons. The van der Waals surface area contributed by atoms with Crippen molar-refractivity contribution in [3.63, 3.8) is 0 Å². The van der Waals surface area contributed by atoms with E-state index in [-0.39, 0.29) is 5.13 Å². The van der Waals surface area contributed by atoms with Crippen molar-refractivity contribution in [1.29, 1.82) is 0 Å². The van der Waals surface area contributed by atoms with Crippen molar-refractivity contribution in [1.82, 2.24) is 9.55 Å². The predicted octanol–water partition coefficient (Wildman–Crippen LogP) is 2.96. The number of carbonyl (C=O) groups is 2. The predicted molar refractivity (Wildman–Crippen MR) is 144 cm³/mol. The number of sulfone groups is 1. The van der Waals surface area contributed by atoms with Crippen LogP contribution in [0.4, 0.5) is 5.13 Å². The summed E-state index contributed by atoms with van der Waals surface area (Å²) in [5, 5.41) is 4.53. The first kappa shape index (κ1) is 26.7. The van der Waals surface area contributed by atoms with E-state index >= 15 is 0 Å². The van der Waals surface area contributed by atoms with Crippen LogP contribution in [0.2, 0.25) is 0 Å². The topological polar surface area (TPSA) is 129 Å². The summed E-state index contributed by atoms with van der Waals surface area (Å²) in [6.07, 6.45) is 0. The summed E-state index contributed by atoms with van der Waals surface area (Å²) in [6.45, 7) is 0.795. The summed E-state index contributed by atoms with van der Waals surface area (Å²) in [4.78, 5) is 33.7. The molecular formula is C24H24N4O6S3. The number of ether oxygens (including phenoxy) is 2. The molecule has 10 nitrogen and oxygen atoms in total. The summed E-state index contributed by atoms with van der Waals surface area (Å²) in [7, 11) is -0.947. The van der Waals surface area contributed by atoms with Gasteiger partial charge < -0.3 is 19.4 Å². The molecule has 0 atom stereocenters. The number of methoxy groups -OCH3 is 2. The lowest BCUT2D eigenvalue weighted by molar-refractivity contribution is -0.115. The van der Waals surface area contributed by atoms with Crippen molar-refractivity contribution < 1.29 is 27.5 Å². The third-order valence-corrected chi connectivity index (χ3v) is 8.33. The van der Waals surface area contributed by atoms with Crippen molar-refractivity contribution in [3.8, 4) is 17.0 Å². The second kappa shape index (κ2) is 11.8. The first-order valence-corrected chi connectivity index (χ1v) is 14.5. The molecular weight excluding hydrogens is 536 g/mol. The SMILES string of the molecule is COCCn1c(=NC(=O)CS(=O)(=O)CC(=O)Nc2nc(-c3ccccc3)cs2)sc2cc(OC)ccc21. The van der Waals surface area contributed by atoms with Crippen LogP contribution in [0.5, 0.6) is 5.75 Å². The van der Waals surface area contributed by atoms with Gasteiger partial charge in [0.05, 0.1) is 29.6 Å². The van der Waals surface area contributed by atoms with Crippen LogP contribution in [0.1, 0.15) is 0 Å². The molecule has 0 bridgehead atoms. The zero-order valence-corrected chi connectivity index (χ0v) is 22.5. The Kier molecular flexibility index (Phi) is 8.48.